The fourth-order valence-electron chi connectivity index (χ4n) is 1.61. The highest BCUT2D eigenvalue weighted by Crippen LogP contribution is 2.29. The normalized spacial score (nSPS) is 10.7. The first-order chi connectivity index (χ1) is 9.58. The molecule has 0 aliphatic carbocycles. The van der Waals surface area contributed by atoms with E-state index >= 15 is 0 Å². The van der Waals surface area contributed by atoms with Gasteiger partial charge in [0.1, 0.15) is 11.6 Å². The smallest absolute Gasteiger partial charge is 0.196 e. The van der Waals surface area contributed by atoms with Gasteiger partial charge in [0.2, 0.25) is 0 Å². The van der Waals surface area contributed by atoms with Gasteiger partial charge < -0.3 is 16.8 Å². The average molecular weight is 310 g/mol. The van der Waals surface area contributed by atoms with Crippen LogP contribution in [-0.2, 0) is 6.54 Å². The summed E-state index contributed by atoms with van der Waals surface area (Å²) in [6, 6.07) is 7.38. The summed E-state index contributed by atoms with van der Waals surface area (Å²) in [5.74, 6) is 0.713. The van der Waals surface area contributed by atoms with Crippen LogP contribution in [0.5, 0.6) is 0 Å². The zero-order valence-electron chi connectivity index (χ0n) is 11.1. The molecule has 5 nitrogen and oxygen atoms in total. The maximum atomic E-state index is 6.25. The first-order valence-electron chi connectivity index (χ1n) is 6.15. The molecule has 0 bridgehead atoms. The van der Waals surface area contributed by atoms with Crippen molar-refractivity contribution < 1.29 is 0 Å². The Morgan fingerprint density at radius 3 is 2.50 bits per heavy atom. The van der Waals surface area contributed by atoms with E-state index in [0.717, 1.165) is 23.5 Å². The topological polar surface area (TPSA) is 89.8 Å². The Labute approximate surface area is 127 Å². The van der Waals surface area contributed by atoms with Crippen LogP contribution in [0.2, 0.25) is 5.02 Å². The van der Waals surface area contributed by atoms with Gasteiger partial charge >= 0.3 is 0 Å². The summed E-state index contributed by atoms with van der Waals surface area (Å²) in [5.41, 5.74) is 12.3. The second-order valence-corrected chi connectivity index (χ2v) is 5.58. The number of rotatable bonds is 5. The van der Waals surface area contributed by atoms with Gasteiger partial charge in [-0.1, -0.05) is 24.6 Å². The van der Waals surface area contributed by atoms with Crippen LogP contribution < -0.4 is 16.8 Å². The molecule has 2 aromatic rings. The minimum Gasteiger partial charge on any atom is -0.383 e. The van der Waals surface area contributed by atoms with Crippen molar-refractivity contribution in [3.8, 4) is 0 Å². The first-order valence-corrected chi connectivity index (χ1v) is 7.35. The molecule has 5 N–H and O–H groups in total. The Bertz CT molecular complexity index is 585. The molecule has 0 saturated carbocycles. The van der Waals surface area contributed by atoms with Crippen LogP contribution in [0.1, 0.15) is 12.5 Å². The number of nitrogens with one attached hydrogen (secondary N) is 1. The highest BCUT2D eigenvalue weighted by atomic mass is 35.5. The number of hydrogen-bond donors (Lipinski definition) is 3. The summed E-state index contributed by atoms with van der Waals surface area (Å²) in [7, 11) is 0. The van der Waals surface area contributed by atoms with Gasteiger partial charge in [0.05, 0.1) is 0 Å². The zero-order chi connectivity index (χ0) is 14.5. The van der Waals surface area contributed by atoms with Crippen LogP contribution in [0.3, 0.4) is 0 Å². The molecule has 0 aliphatic heterocycles. The van der Waals surface area contributed by atoms with Crippen molar-refractivity contribution in [1.29, 1.82) is 0 Å². The molecular weight excluding hydrogens is 294 g/mol. The Kier molecular flexibility index (Phi) is 5.05. The third kappa shape index (κ3) is 4.00. The van der Waals surface area contributed by atoms with Gasteiger partial charge in [-0.25, -0.2) is 9.97 Å². The quantitative estimate of drug-likeness (QED) is 0.735. The Hall–Kier alpha value is -1.50. The highest BCUT2D eigenvalue weighted by Gasteiger charge is 2.06. The number of halogens is 1. The van der Waals surface area contributed by atoms with Gasteiger partial charge in [-0.05, 0) is 36.0 Å². The second kappa shape index (κ2) is 6.78. The van der Waals surface area contributed by atoms with Crippen LogP contribution in [0.25, 0.3) is 0 Å². The van der Waals surface area contributed by atoms with E-state index in [1.54, 1.807) is 0 Å². The van der Waals surface area contributed by atoms with Crippen molar-refractivity contribution in [3.63, 3.8) is 0 Å². The lowest BCUT2D eigenvalue weighted by Gasteiger charge is -2.07. The summed E-state index contributed by atoms with van der Waals surface area (Å²) in [6.07, 6.45) is 0. The molecule has 0 fully saturated rings. The fraction of sp³-hybridized carbons (Fsp3) is 0.231. The van der Waals surface area contributed by atoms with Crippen LogP contribution >= 0.6 is 23.4 Å². The van der Waals surface area contributed by atoms with Crippen molar-refractivity contribution >= 4 is 35.0 Å². The molecule has 1 heterocycles. The number of nitrogen functional groups attached to an aromatic ring is 2. The van der Waals surface area contributed by atoms with Crippen LogP contribution in [0.15, 0.2) is 34.3 Å². The van der Waals surface area contributed by atoms with Gasteiger partial charge in [0, 0.05) is 22.5 Å². The summed E-state index contributed by atoms with van der Waals surface area (Å²) in [6.45, 7) is 3.71. The summed E-state index contributed by atoms with van der Waals surface area (Å²) >= 11 is 7.63. The van der Waals surface area contributed by atoms with E-state index in [9.17, 15) is 0 Å². The number of hydrogen-bond acceptors (Lipinski definition) is 6. The Balaban J connectivity index is 2.15. The summed E-state index contributed by atoms with van der Waals surface area (Å²) in [4.78, 5) is 9.20. The minimum atomic E-state index is 0.356. The van der Waals surface area contributed by atoms with Crippen molar-refractivity contribution in [3.05, 3.63) is 34.9 Å². The van der Waals surface area contributed by atoms with Gasteiger partial charge in [0.25, 0.3) is 0 Å². The zero-order valence-corrected chi connectivity index (χ0v) is 12.6. The molecule has 2 rings (SSSR count). The Morgan fingerprint density at radius 1 is 1.20 bits per heavy atom. The Morgan fingerprint density at radius 2 is 1.90 bits per heavy atom. The predicted molar refractivity (Wildman–Crippen MR) is 83.8 cm³/mol. The molecule has 1 aromatic heterocycles. The second-order valence-electron chi connectivity index (χ2n) is 4.14. The van der Waals surface area contributed by atoms with E-state index in [1.807, 2.05) is 18.2 Å². The molecule has 0 radical (unpaired) electrons. The molecule has 0 amide bonds. The monoisotopic (exact) mass is 309 g/mol. The van der Waals surface area contributed by atoms with E-state index in [0.29, 0.717) is 21.8 Å². The van der Waals surface area contributed by atoms with E-state index in [4.69, 9.17) is 23.1 Å². The molecule has 0 aliphatic rings. The number of aromatic nitrogens is 2. The molecular formula is C13H16ClN5S. The molecule has 0 spiro atoms. The van der Waals surface area contributed by atoms with Gasteiger partial charge in [-0.3, -0.25) is 0 Å². The first kappa shape index (κ1) is 14.9. The number of anilines is 2. The molecule has 1 aromatic carbocycles. The lowest BCUT2D eigenvalue weighted by molar-refractivity contribution is 0.726. The van der Waals surface area contributed by atoms with E-state index in [-0.39, 0.29) is 0 Å². The van der Waals surface area contributed by atoms with Crippen molar-refractivity contribution in [2.75, 3.05) is 18.0 Å². The molecule has 0 unspecified atom stereocenters. The number of nitrogens with two attached hydrogens (primary N) is 2. The van der Waals surface area contributed by atoms with Crippen molar-refractivity contribution in [2.45, 2.75) is 23.5 Å². The third-order valence-corrected chi connectivity index (χ3v) is 3.75. The van der Waals surface area contributed by atoms with Crippen molar-refractivity contribution in [2.24, 2.45) is 0 Å². The third-order valence-electron chi connectivity index (χ3n) is 2.54. The van der Waals surface area contributed by atoms with Crippen LogP contribution in [0, 0.1) is 0 Å². The molecule has 0 saturated heterocycles. The minimum absolute atomic E-state index is 0.356. The standard InChI is InChI=1S/C13H16ClN5S/c1-2-17-7-8-3-4-9(5-10(8)14)20-13-18-11(15)6-12(16)19-13/h3-6,17H,2,7H2,1H3,(H4,15,16,18,19). The van der Waals surface area contributed by atoms with Crippen LogP contribution in [-0.4, -0.2) is 16.5 Å². The van der Waals surface area contributed by atoms with Crippen molar-refractivity contribution in [1.82, 2.24) is 15.3 Å². The van der Waals surface area contributed by atoms with Gasteiger partial charge in [-0.15, -0.1) is 0 Å². The molecule has 0 atom stereocenters. The molecule has 106 valence electrons. The summed E-state index contributed by atoms with van der Waals surface area (Å²) in [5, 5.41) is 4.47. The molecule has 20 heavy (non-hydrogen) atoms. The van der Waals surface area contributed by atoms with E-state index in [2.05, 4.69) is 22.2 Å². The lowest BCUT2D eigenvalue weighted by atomic mass is 10.2. The predicted octanol–water partition coefficient (Wildman–Crippen LogP) is 2.56. The number of nitrogens with zero attached hydrogens (tertiary/aromatic N) is 2. The van der Waals surface area contributed by atoms with Gasteiger partial charge in [-0.2, -0.15) is 0 Å². The van der Waals surface area contributed by atoms with E-state index in [1.165, 1.54) is 17.8 Å². The van der Waals surface area contributed by atoms with Gasteiger partial charge in [0.15, 0.2) is 5.16 Å². The maximum Gasteiger partial charge on any atom is 0.196 e. The van der Waals surface area contributed by atoms with Crippen LogP contribution in [0.4, 0.5) is 11.6 Å². The number of benzene rings is 1. The summed E-state index contributed by atoms with van der Waals surface area (Å²) < 4.78 is 0. The maximum absolute atomic E-state index is 6.25. The average Bonchev–Trinajstić information content (AvgIpc) is 2.36. The molecule has 7 heteroatoms. The largest absolute Gasteiger partial charge is 0.383 e. The van der Waals surface area contributed by atoms with E-state index < -0.39 is 0 Å². The fourth-order valence-corrected chi connectivity index (χ4v) is 2.75. The highest BCUT2D eigenvalue weighted by molar-refractivity contribution is 7.99. The lowest BCUT2D eigenvalue weighted by Crippen LogP contribution is -2.11. The SMILES string of the molecule is CCNCc1ccc(Sc2nc(N)cc(N)n2)cc1Cl.